The molecule has 0 aromatic heterocycles. The lowest BCUT2D eigenvalue weighted by atomic mass is 10.2. The Labute approximate surface area is 62.2 Å². The number of hydrogen-bond donors (Lipinski definition) is 0. The third-order valence-corrected chi connectivity index (χ3v) is 1.87. The van der Waals surface area contributed by atoms with E-state index in [1.807, 2.05) is 7.05 Å². The highest BCUT2D eigenvalue weighted by Gasteiger charge is 2.18. The van der Waals surface area contributed by atoms with Gasteiger partial charge in [0.25, 0.3) is 0 Å². The zero-order valence-electron chi connectivity index (χ0n) is 6.34. The van der Waals surface area contributed by atoms with Crippen molar-refractivity contribution in [1.29, 1.82) is 0 Å². The molecule has 0 radical (unpaired) electrons. The SMILES string of the molecule is C#CCN(C)C1CCOC1. The van der Waals surface area contributed by atoms with Crippen LogP contribution in [-0.2, 0) is 4.74 Å². The quantitative estimate of drug-likeness (QED) is 0.511. The van der Waals surface area contributed by atoms with Gasteiger partial charge in [-0.2, -0.15) is 0 Å². The van der Waals surface area contributed by atoms with E-state index in [2.05, 4.69) is 10.8 Å². The van der Waals surface area contributed by atoms with Crippen LogP contribution in [0.3, 0.4) is 0 Å². The molecule has 10 heavy (non-hydrogen) atoms. The number of terminal acetylenes is 1. The molecule has 2 heteroatoms. The van der Waals surface area contributed by atoms with E-state index in [9.17, 15) is 0 Å². The van der Waals surface area contributed by atoms with Crippen molar-refractivity contribution in [1.82, 2.24) is 4.90 Å². The molecule has 0 N–H and O–H groups in total. The minimum atomic E-state index is 0.552. The topological polar surface area (TPSA) is 12.5 Å². The standard InChI is InChI=1S/C8H13NO/c1-3-5-9(2)8-4-6-10-7-8/h1,8H,4-7H2,2H3. The van der Waals surface area contributed by atoms with E-state index < -0.39 is 0 Å². The summed E-state index contributed by atoms with van der Waals surface area (Å²) in [5.74, 6) is 2.61. The molecule has 0 aliphatic carbocycles. The van der Waals surface area contributed by atoms with Gasteiger partial charge in [-0.15, -0.1) is 6.42 Å². The number of nitrogens with zero attached hydrogens (tertiary/aromatic N) is 1. The van der Waals surface area contributed by atoms with Crippen molar-refractivity contribution in [3.63, 3.8) is 0 Å². The van der Waals surface area contributed by atoms with Gasteiger partial charge in [0.2, 0.25) is 0 Å². The second-order valence-corrected chi connectivity index (χ2v) is 2.64. The molecule has 0 aromatic carbocycles. The molecular formula is C8H13NO. The minimum absolute atomic E-state index is 0.552. The van der Waals surface area contributed by atoms with Gasteiger partial charge in [-0.25, -0.2) is 0 Å². The van der Waals surface area contributed by atoms with Crippen LogP contribution in [0.5, 0.6) is 0 Å². The maximum Gasteiger partial charge on any atom is 0.0622 e. The predicted molar refractivity (Wildman–Crippen MR) is 40.7 cm³/mol. The Morgan fingerprint density at radius 3 is 3.10 bits per heavy atom. The summed E-state index contributed by atoms with van der Waals surface area (Å²) in [4.78, 5) is 2.16. The molecule has 2 nitrogen and oxygen atoms in total. The van der Waals surface area contributed by atoms with Gasteiger partial charge >= 0.3 is 0 Å². The molecule has 1 heterocycles. The normalized spacial score (nSPS) is 25.1. The predicted octanol–water partition coefficient (Wildman–Crippen LogP) is 0.340. The van der Waals surface area contributed by atoms with E-state index in [-0.39, 0.29) is 0 Å². The molecule has 1 fully saturated rings. The van der Waals surface area contributed by atoms with E-state index in [1.165, 1.54) is 0 Å². The van der Waals surface area contributed by atoms with Crippen molar-refractivity contribution in [2.75, 3.05) is 26.8 Å². The first-order valence-electron chi connectivity index (χ1n) is 3.56. The first kappa shape index (κ1) is 7.59. The van der Waals surface area contributed by atoms with Gasteiger partial charge < -0.3 is 4.74 Å². The molecular weight excluding hydrogens is 126 g/mol. The van der Waals surface area contributed by atoms with Crippen LogP contribution >= 0.6 is 0 Å². The monoisotopic (exact) mass is 139 g/mol. The fraction of sp³-hybridized carbons (Fsp3) is 0.750. The van der Waals surface area contributed by atoms with Gasteiger partial charge in [0, 0.05) is 12.6 Å². The smallest absolute Gasteiger partial charge is 0.0622 e. The molecule has 1 aliphatic heterocycles. The van der Waals surface area contributed by atoms with Gasteiger partial charge in [0.1, 0.15) is 0 Å². The van der Waals surface area contributed by atoms with Crippen LogP contribution in [0.4, 0.5) is 0 Å². The first-order chi connectivity index (χ1) is 4.84. The highest BCUT2D eigenvalue weighted by atomic mass is 16.5. The molecule has 0 bridgehead atoms. The van der Waals surface area contributed by atoms with Crippen molar-refractivity contribution in [2.45, 2.75) is 12.5 Å². The minimum Gasteiger partial charge on any atom is -0.380 e. The Balaban J connectivity index is 2.26. The summed E-state index contributed by atoms with van der Waals surface area (Å²) in [6.07, 6.45) is 6.29. The zero-order valence-corrected chi connectivity index (χ0v) is 6.34. The largest absolute Gasteiger partial charge is 0.380 e. The number of rotatable bonds is 2. The molecule has 1 saturated heterocycles. The average molecular weight is 139 g/mol. The Bertz CT molecular complexity index is 133. The molecule has 0 spiro atoms. The van der Waals surface area contributed by atoms with Crippen LogP contribution in [0.1, 0.15) is 6.42 Å². The van der Waals surface area contributed by atoms with Gasteiger partial charge in [0.05, 0.1) is 13.2 Å². The second-order valence-electron chi connectivity index (χ2n) is 2.64. The Hall–Kier alpha value is -0.520. The van der Waals surface area contributed by atoms with Crippen LogP contribution in [0, 0.1) is 12.3 Å². The fourth-order valence-corrected chi connectivity index (χ4v) is 1.14. The van der Waals surface area contributed by atoms with E-state index in [0.717, 1.165) is 26.2 Å². The van der Waals surface area contributed by atoms with Crippen molar-refractivity contribution >= 4 is 0 Å². The van der Waals surface area contributed by atoms with Crippen LogP contribution < -0.4 is 0 Å². The summed E-state index contributed by atoms with van der Waals surface area (Å²) in [6.45, 7) is 2.46. The molecule has 1 rings (SSSR count). The van der Waals surface area contributed by atoms with Gasteiger partial charge in [-0.3, -0.25) is 4.90 Å². The molecule has 1 unspecified atom stereocenters. The van der Waals surface area contributed by atoms with E-state index in [1.54, 1.807) is 0 Å². The molecule has 0 saturated carbocycles. The van der Waals surface area contributed by atoms with Crippen LogP contribution in [0.25, 0.3) is 0 Å². The summed E-state index contributed by atoms with van der Waals surface area (Å²) < 4.78 is 5.21. The summed E-state index contributed by atoms with van der Waals surface area (Å²) in [7, 11) is 2.04. The van der Waals surface area contributed by atoms with E-state index in [4.69, 9.17) is 11.2 Å². The van der Waals surface area contributed by atoms with E-state index >= 15 is 0 Å². The third-order valence-electron chi connectivity index (χ3n) is 1.87. The zero-order chi connectivity index (χ0) is 7.40. The number of likely N-dealkylation sites (N-methyl/N-ethyl adjacent to an activating group) is 1. The maximum absolute atomic E-state index is 5.21. The summed E-state index contributed by atoms with van der Waals surface area (Å²) in [5.41, 5.74) is 0. The molecule has 0 aromatic rings. The lowest BCUT2D eigenvalue weighted by Crippen LogP contribution is -2.32. The first-order valence-corrected chi connectivity index (χ1v) is 3.56. The average Bonchev–Trinajstić information content (AvgIpc) is 2.38. The van der Waals surface area contributed by atoms with Crippen molar-refractivity contribution in [3.8, 4) is 12.3 Å². The lowest BCUT2D eigenvalue weighted by molar-refractivity contribution is 0.165. The second kappa shape index (κ2) is 3.60. The summed E-state index contributed by atoms with van der Waals surface area (Å²) >= 11 is 0. The van der Waals surface area contributed by atoms with E-state index in [0.29, 0.717) is 6.04 Å². The lowest BCUT2D eigenvalue weighted by Gasteiger charge is -2.19. The number of ether oxygens (including phenoxy) is 1. The van der Waals surface area contributed by atoms with Gasteiger partial charge in [0.15, 0.2) is 0 Å². The van der Waals surface area contributed by atoms with Gasteiger partial charge in [-0.1, -0.05) is 5.92 Å². The highest BCUT2D eigenvalue weighted by molar-refractivity contribution is 4.89. The van der Waals surface area contributed by atoms with Crippen LogP contribution in [-0.4, -0.2) is 37.7 Å². The maximum atomic E-state index is 5.21. The van der Waals surface area contributed by atoms with Crippen molar-refractivity contribution < 1.29 is 4.74 Å². The third kappa shape index (κ3) is 1.73. The van der Waals surface area contributed by atoms with Crippen LogP contribution in [0.2, 0.25) is 0 Å². The van der Waals surface area contributed by atoms with Crippen LogP contribution in [0.15, 0.2) is 0 Å². The van der Waals surface area contributed by atoms with Gasteiger partial charge in [-0.05, 0) is 13.5 Å². The fourth-order valence-electron chi connectivity index (χ4n) is 1.14. The number of hydrogen-bond acceptors (Lipinski definition) is 2. The molecule has 1 aliphatic rings. The Morgan fingerprint density at radius 1 is 1.80 bits per heavy atom. The highest BCUT2D eigenvalue weighted by Crippen LogP contribution is 2.09. The van der Waals surface area contributed by atoms with Crippen molar-refractivity contribution in [3.05, 3.63) is 0 Å². The molecule has 56 valence electrons. The summed E-state index contributed by atoms with van der Waals surface area (Å²) in [6, 6.07) is 0.552. The Kier molecular flexibility index (Phi) is 2.73. The Morgan fingerprint density at radius 2 is 2.60 bits per heavy atom. The van der Waals surface area contributed by atoms with Crippen molar-refractivity contribution in [2.24, 2.45) is 0 Å². The summed E-state index contributed by atoms with van der Waals surface area (Å²) in [5, 5.41) is 0. The molecule has 1 atom stereocenters. The molecule has 0 amide bonds.